The van der Waals surface area contributed by atoms with Crippen LogP contribution in [0.3, 0.4) is 0 Å². The van der Waals surface area contributed by atoms with Crippen molar-refractivity contribution >= 4 is 33.4 Å². The minimum atomic E-state index is -0.270. The average Bonchev–Trinajstić information content (AvgIpc) is 3.45. The fourth-order valence-corrected chi connectivity index (χ4v) is 9.31. The second kappa shape index (κ2) is 8.69. The van der Waals surface area contributed by atoms with Crippen molar-refractivity contribution in [3.05, 3.63) is 58.9 Å². The van der Waals surface area contributed by atoms with Gasteiger partial charge in [0.15, 0.2) is 0 Å². The summed E-state index contributed by atoms with van der Waals surface area (Å²) in [7, 11) is 0. The molecular weight excluding hydrogens is 485 g/mol. The predicted molar refractivity (Wildman–Crippen MR) is 143 cm³/mol. The normalized spacial score (nSPS) is 30.9. The van der Waals surface area contributed by atoms with E-state index < -0.39 is 0 Å². The molecule has 0 spiro atoms. The Morgan fingerprint density at radius 1 is 1.03 bits per heavy atom. The van der Waals surface area contributed by atoms with Gasteiger partial charge in [-0.15, -0.1) is 11.3 Å². The molecule has 1 unspecified atom stereocenters. The lowest BCUT2D eigenvalue weighted by Gasteiger charge is -2.57. The summed E-state index contributed by atoms with van der Waals surface area (Å²) < 4.78 is 15.9. The zero-order valence-corrected chi connectivity index (χ0v) is 22.2. The number of rotatable bonds is 4. The summed E-state index contributed by atoms with van der Waals surface area (Å²) >= 11 is 1.60. The number of aromatic nitrogens is 1. The minimum absolute atomic E-state index is 0.00551. The average molecular weight is 520 g/mol. The molecule has 3 aromatic rings. The van der Waals surface area contributed by atoms with E-state index in [0.717, 1.165) is 52.8 Å². The first-order chi connectivity index (χ1) is 17.9. The first kappa shape index (κ1) is 23.4. The highest BCUT2D eigenvalue weighted by atomic mass is 32.1. The van der Waals surface area contributed by atoms with Gasteiger partial charge in [-0.25, -0.2) is 4.39 Å². The maximum atomic E-state index is 14.0. The number of hydrogen-bond donors (Lipinski definition) is 0. The van der Waals surface area contributed by atoms with Gasteiger partial charge in [-0.2, -0.15) is 0 Å². The number of amides is 2. The second-order valence-corrected chi connectivity index (χ2v) is 13.1. The number of fused-ring (bicyclic) bond motifs is 1. The van der Waals surface area contributed by atoms with Gasteiger partial charge in [0.1, 0.15) is 16.3 Å². The maximum Gasteiger partial charge on any atom is 0.270 e. The molecule has 8 rings (SSSR count). The summed E-state index contributed by atoms with van der Waals surface area (Å²) in [5, 5.41) is 3.06. The van der Waals surface area contributed by atoms with E-state index in [2.05, 4.69) is 11.8 Å². The molecule has 37 heavy (non-hydrogen) atoms. The zero-order chi connectivity index (χ0) is 25.3. The van der Waals surface area contributed by atoms with Crippen LogP contribution in [0.1, 0.15) is 61.5 Å². The smallest absolute Gasteiger partial charge is 0.270 e. The number of nitrogens with zero attached hydrogens (tertiary/aromatic N) is 3. The SMILES string of the molecule is CC1CN(C(=O)c2cc3ccsc3n2Cc2cccc(F)c2)CCN1C(=O)C12CC3CC(CC(C3)C1)C2. The van der Waals surface area contributed by atoms with Gasteiger partial charge < -0.3 is 14.4 Å². The van der Waals surface area contributed by atoms with Gasteiger partial charge >= 0.3 is 0 Å². The number of carbonyl (C=O) groups excluding carboxylic acids is 2. The first-order valence-electron chi connectivity index (χ1n) is 13.8. The van der Waals surface area contributed by atoms with Crippen molar-refractivity contribution in [1.29, 1.82) is 0 Å². The van der Waals surface area contributed by atoms with Crippen LogP contribution in [0.2, 0.25) is 0 Å². The molecule has 1 atom stereocenters. The molecule has 2 aromatic heterocycles. The number of thiophene rings is 1. The van der Waals surface area contributed by atoms with Gasteiger partial charge in [0.25, 0.3) is 5.91 Å². The molecule has 5 fully saturated rings. The van der Waals surface area contributed by atoms with Crippen molar-refractivity contribution in [2.45, 2.75) is 58.0 Å². The lowest BCUT2D eigenvalue weighted by Crippen LogP contribution is -2.61. The molecule has 7 heteroatoms. The Bertz CT molecular complexity index is 1340. The quantitative estimate of drug-likeness (QED) is 0.439. The van der Waals surface area contributed by atoms with Crippen LogP contribution < -0.4 is 0 Å². The van der Waals surface area contributed by atoms with Crippen LogP contribution in [0.4, 0.5) is 4.39 Å². The van der Waals surface area contributed by atoms with Crippen LogP contribution in [-0.2, 0) is 11.3 Å². The molecule has 194 valence electrons. The fraction of sp³-hybridized carbons (Fsp3) is 0.533. The molecule has 1 aliphatic heterocycles. The van der Waals surface area contributed by atoms with Crippen LogP contribution in [0, 0.1) is 29.0 Å². The molecule has 5 nitrogen and oxygen atoms in total. The van der Waals surface area contributed by atoms with Crippen molar-refractivity contribution in [3.8, 4) is 0 Å². The number of carbonyl (C=O) groups is 2. The van der Waals surface area contributed by atoms with E-state index in [1.807, 2.05) is 33.0 Å². The molecule has 0 radical (unpaired) electrons. The summed E-state index contributed by atoms with van der Waals surface area (Å²) in [6, 6.07) is 10.6. The van der Waals surface area contributed by atoms with E-state index in [0.29, 0.717) is 37.8 Å². The molecule has 4 bridgehead atoms. The Morgan fingerprint density at radius 3 is 2.43 bits per heavy atom. The van der Waals surface area contributed by atoms with Crippen LogP contribution in [0.25, 0.3) is 10.2 Å². The summed E-state index contributed by atoms with van der Waals surface area (Å²) in [6.45, 7) is 4.26. The van der Waals surface area contributed by atoms with E-state index >= 15 is 0 Å². The number of piperazine rings is 1. The molecule has 4 aliphatic carbocycles. The summed E-state index contributed by atoms with van der Waals surface area (Å²) in [6.07, 6.45) is 7.22. The summed E-state index contributed by atoms with van der Waals surface area (Å²) in [5.74, 6) is 2.32. The Balaban J connectivity index is 1.10. The maximum absolute atomic E-state index is 14.0. The van der Waals surface area contributed by atoms with Gasteiger partial charge in [-0.3, -0.25) is 9.59 Å². The monoisotopic (exact) mass is 519 g/mol. The van der Waals surface area contributed by atoms with Crippen LogP contribution in [-0.4, -0.2) is 51.9 Å². The Labute approximate surface area is 221 Å². The van der Waals surface area contributed by atoms with Crippen molar-refractivity contribution in [2.24, 2.45) is 23.2 Å². The van der Waals surface area contributed by atoms with Gasteiger partial charge in [-0.05, 0) is 98.4 Å². The lowest BCUT2D eigenvalue weighted by molar-refractivity contribution is -0.161. The number of hydrogen-bond acceptors (Lipinski definition) is 3. The third-order valence-electron chi connectivity index (χ3n) is 9.62. The van der Waals surface area contributed by atoms with Crippen LogP contribution >= 0.6 is 11.3 Å². The molecular formula is C30H34FN3O2S. The lowest BCUT2D eigenvalue weighted by atomic mass is 9.49. The van der Waals surface area contributed by atoms with Crippen molar-refractivity contribution in [1.82, 2.24) is 14.4 Å². The second-order valence-electron chi connectivity index (χ2n) is 12.2. The standard InChI is InChI=1S/C30H34FN3O2S/c1-19-17-32(6-7-33(19)29(36)30-14-21-9-22(15-30)11-23(10-21)16-30)27(35)26-13-24-5-8-37-28(24)34(26)18-20-3-2-4-25(31)12-20/h2-5,8,12-13,19,21-23H,6-7,9-11,14-18H2,1H3. The van der Waals surface area contributed by atoms with E-state index in [-0.39, 0.29) is 23.2 Å². The number of halogens is 1. The van der Waals surface area contributed by atoms with Crippen LogP contribution in [0.15, 0.2) is 41.8 Å². The first-order valence-corrected chi connectivity index (χ1v) is 14.7. The summed E-state index contributed by atoms with van der Waals surface area (Å²) in [4.78, 5) is 32.8. The van der Waals surface area contributed by atoms with Crippen molar-refractivity contribution < 1.29 is 14.0 Å². The fourth-order valence-electron chi connectivity index (χ4n) is 8.41. The van der Waals surface area contributed by atoms with E-state index in [4.69, 9.17) is 0 Å². The summed E-state index contributed by atoms with van der Waals surface area (Å²) in [5.41, 5.74) is 1.33. The number of benzene rings is 1. The zero-order valence-electron chi connectivity index (χ0n) is 21.4. The van der Waals surface area contributed by atoms with Gasteiger partial charge in [0.05, 0.1) is 5.41 Å². The molecule has 1 saturated heterocycles. The Morgan fingerprint density at radius 2 is 1.76 bits per heavy atom. The Hall–Kier alpha value is -2.67. The third-order valence-corrected chi connectivity index (χ3v) is 10.6. The van der Waals surface area contributed by atoms with E-state index in [9.17, 15) is 14.0 Å². The molecule has 0 N–H and O–H groups in total. The highest BCUT2D eigenvalue weighted by Crippen LogP contribution is 2.60. The van der Waals surface area contributed by atoms with E-state index in [1.54, 1.807) is 17.4 Å². The Kier molecular flexibility index (Phi) is 5.50. The molecule has 1 aromatic carbocycles. The largest absolute Gasteiger partial charge is 0.336 e. The molecule has 2 amide bonds. The topological polar surface area (TPSA) is 45.6 Å². The highest BCUT2D eigenvalue weighted by Gasteiger charge is 2.56. The highest BCUT2D eigenvalue weighted by molar-refractivity contribution is 7.16. The molecule has 5 aliphatic rings. The predicted octanol–water partition coefficient (Wildman–Crippen LogP) is 5.78. The van der Waals surface area contributed by atoms with Crippen LogP contribution in [0.5, 0.6) is 0 Å². The van der Waals surface area contributed by atoms with Gasteiger partial charge in [0.2, 0.25) is 5.91 Å². The van der Waals surface area contributed by atoms with E-state index in [1.165, 1.54) is 31.4 Å². The third kappa shape index (κ3) is 3.92. The van der Waals surface area contributed by atoms with Crippen molar-refractivity contribution in [2.75, 3.05) is 19.6 Å². The van der Waals surface area contributed by atoms with Gasteiger partial charge in [-0.1, -0.05) is 12.1 Å². The van der Waals surface area contributed by atoms with Crippen molar-refractivity contribution in [3.63, 3.8) is 0 Å². The molecule has 4 saturated carbocycles. The molecule has 3 heterocycles. The minimum Gasteiger partial charge on any atom is -0.336 e. The van der Waals surface area contributed by atoms with Gasteiger partial charge in [0, 0.05) is 37.6 Å².